The lowest BCUT2D eigenvalue weighted by Gasteiger charge is -2.25. The lowest BCUT2D eigenvalue weighted by Crippen LogP contribution is -2.29. The molecule has 3 heterocycles. The minimum absolute atomic E-state index is 0.153. The molecule has 0 bridgehead atoms. The second-order valence-electron chi connectivity index (χ2n) is 6.27. The van der Waals surface area contributed by atoms with E-state index >= 15 is 0 Å². The van der Waals surface area contributed by atoms with Crippen molar-refractivity contribution in [2.24, 2.45) is 0 Å². The minimum Gasteiger partial charge on any atom is -0.497 e. The number of thiophene rings is 1. The monoisotopic (exact) mass is 372 g/mol. The van der Waals surface area contributed by atoms with E-state index in [0.29, 0.717) is 6.42 Å². The number of carbonyl (C=O) groups is 1. The first-order valence-corrected chi connectivity index (χ1v) is 10.2. The van der Waals surface area contributed by atoms with E-state index in [1.165, 1.54) is 30.6 Å². The summed E-state index contributed by atoms with van der Waals surface area (Å²) in [7, 11) is 1.64. The predicted molar refractivity (Wildman–Crippen MR) is 105 cm³/mol. The molecule has 1 aliphatic heterocycles. The molecule has 0 saturated carbocycles. The van der Waals surface area contributed by atoms with E-state index in [1.54, 1.807) is 18.4 Å². The molecule has 0 aliphatic carbocycles. The van der Waals surface area contributed by atoms with Crippen LogP contribution in [-0.4, -0.2) is 31.0 Å². The van der Waals surface area contributed by atoms with Crippen LogP contribution in [0.1, 0.15) is 34.5 Å². The highest BCUT2D eigenvalue weighted by Gasteiger charge is 2.18. The molecule has 0 atom stereocenters. The SMILES string of the molecule is COc1ccc(CC(=O)c2cc3sc(N4CCCCC4)nc3s2)cc1. The third kappa shape index (κ3) is 3.55. The van der Waals surface area contributed by atoms with Gasteiger partial charge in [-0.3, -0.25) is 4.79 Å². The van der Waals surface area contributed by atoms with Crippen molar-refractivity contribution in [1.82, 2.24) is 4.98 Å². The number of carbonyl (C=O) groups excluding carboxylic acids is 1. The fourth-order valence-electron chi connectivity index (χ4n) is 3.10. The fourth-order valence-corrected chi connectivity index (χ4v) is 5.30. The molecule has 3 aromatic rings. The van der Waals surface area contributed by atoms with E-state index < -0.39 is 0 Å². The standard InChI is InChI=1S/C19H20N2O2S2/c1-23-14-7-5-13(6-8-14)11-15(22)16-12-17-18(24-16)20-19(25-17)21-9-3-2-4-10-21/h5-8,12H,2-4,9-11H2,1H3. The van der Waals surface area contributed by atoms with Gasteiger partial charge in [0.25, 0.3) is 0 Å². The van der Waals surface area contributed by atoms with Crippen LogP contribution in [0.5, 0.6) is 5.75 Å². The second kappa shape index (κ2) is 7.14. The van der Waals surface area contributed by atoms with Crippen molar-refractivity contribution in [1.29, 1.82) is 0 Å². The summed E-state index contributed by atoms with van der Waals surface area (Å²) in [6.07, 6.45) is 4.23. The number of Topliss-reactive ketones (excluding diaryl/α,β-unsaturated/α-hetero) is 1. The van der Waals surface area contributed by atoms with Crippen LogP contribution in [0, 0.1) is 0 Å². The van der Waals surface area contributed by atoms with Crippen molar-refractivity contribution < 1.29 is 9.53 Å². The van der Waals surface area contributed by atoms with Gasteiger partial charge in [-0.05, 0) is 43.0 Å². The number of benzene rings is 1. The van der Waals surface area contributed by atoms with E-state index in [9.17, 15) is 4.79 Å². The Hall–Kier alpha value is -1.92. The Labute approximate surface area is 155 Å². The van der Waals surface area contributed by atoms with Crippen LogP contribution in [0.15, 0.2) is 30.3 Å². The summed E-state index contributed by atoms with van der Waals surface area (Å²) in [6.45, 7) is 2.20. The first kappa shape index (κ1) is 16.5. The Bertz CT molecular complexity index is 845. The summed E-state index contributed by atoms with van der Waals surface area (Å²) in [5.41, 5.74) is 1.00. The molecule has 6 heteroatoms. The number of hydrogen-bond acceptors (Lipinski definition) is 6. The molecular formula is C19H20N2O2S2. The molecular weight excluding hydrogens is 352 g/mol. The molecule has 0 radical (unpaired) electrons. The molecule has 4 nitrogen and oxygen atoms in total. The van der Waals surface area contributed by atoms with Gasteiger partial charge in [0.05, 0.1) is 16.7 Å². The van der Waals surface area contributed by atoms with Gasteiger partial charge in [0.2, 0.25) is 0 Å². The smallest absolute Gasteiger partial charge is 0.187 e. The minimum atomic E-state index is 0.153. The number of rotatable bonds is 5. The number of anilines is 1. The van der Waals surface area contributed by atoms with Crippen molar-refractivity contribution in [2.75, 3.05) is 25.1 Å². The number of piperidine rings is 1. The average molecular weight is 373 g/mol. The maximum Gasteiger partial charge on any atom is 0.187 e. The van der Waals surface area contributed by atoms with E-state index in [4.69, 9.17) is 9.72 Å². The molecule has 4 rings (SSSR count). The van der Waals surface area contributed by atoms with E-state index in [2.05, 4.69) is 4.90 Å². The van der Waals surface area contributed by atoms with Crippen molar-refractivity contribution in [3.8, 4) is 5.75 Å². The van der Waals surface area contributed by atoms with Crippen LogP contribution in [0.25, 0.3) is 9.53 Å². The van der Waals surface area contributed by atoms with Crippen LogP contribution in [0.4, 0.5) is 5.13 Å². The molecule has 25 heavy (non-hydrogen) atoms. The first-order valence-electron chi connectivity index (χ1n) is 8.54. The van der Waals surface area contributed by atoms with Gasteiger partial charge in [0.1, 0.15) is 10.6 Å². The van der Waals surface area contributed by atoms with Gasteiger partial charge in [-0.15, -0.1) is 11.3 Å². The molecule has 130 valence electrons. The molecule has 1 fully saturated rings. The lowest BCUT2D eigenvalue weighted by molar-refractivity contribution is 0.0997. The highest BCUT2D eigenvalue weighted by atomic mass is 32.1. The molecule has 0 spiro atoms. The molecule has 0 N–H and O–H groups in total. The third-order valence-electron chi connectivity index (χ3n) is 4.50. The zero-order valence-corrected chi connectivity index (χ0v) is 15.8. The summed E-state index contributed by atoms with van der Waals surface area (Å²) in [6, 6.07) is 9.68. The Kier molecular flexibility index (Phi) is 4.72. The largest absolute Gasteiger partial charge is 0.497 e. The van der Waals surface area contributed by atoms with Crippen LogP contribution in [0.3, 0.4) is 0 Å². The highest BCUT2D eigenvalue weighted by Crippen LogP contribution is 2.36. The van der Waals surface area contributed by atoms with Gasteiger partial charge >= 0.3 is 0 Å². The summed E-state index contributed by atoms with van der Waals surface area (Å²) < 4.78 is 6.28. The van der Waals surface area contributed by atoms with Crippen LogP contribution in [-0.2, 0) is 6.42 Å². The average Bonchev–Trinajstić information content (AvgIpc) is 3.22. The Morgan fingerprint density at radius 3 is 2.60 bits per heavy atom. The van der Waals surface area contributed by atoms with Crippen molar-refractivity contribution in [2.45, 2.75) is 25.7 Å². The lowest BCUT2D eigenvalue weighted by atomic mass is 10.1. The van der Waals surface area contributed by atoms with Gasteiger partial charge in [-0.1, -0.05) is 23.5 Å². The topological polar surface area (TPSA) is 42.4 Å². The van der Waals surface area contributed by atoms with Gasteiger partial charge in [-0.2, -0.15) is 0 Å². The van der Waals surface area contributed by atoms with Crippen molar-refractivity contribution in [3.05, 3.63) is 40.8 Å². The fraction of sp³-hybridized carbons (Fsp3) is 0.368. The Balaban J connectivity index is 1.48. The number of aromatic nitrogens is 1. The summed E-state index contributed by atoms with van der Waals surface area (Å²) in [5, 5.41) is 1.11. The second-order valence-corrected chi connectivity index (χ2v) is 8.31. The van der Waals surface area contributed by atoms with E-state index in [-0.39, 0.29) is 5.78 Å². The normalized spacial score (nSPS) is 14.8. The van der Waals surface area contributed by atoms with Gasteiger partial charge < -0.3 is 9.64 Å². The molecule has 2 aromatic heterocycles. The maximum absolute atomic E-state index is 12.6. The number of thiazole rings is 1. The third-order valence-corrected chi connectivity index (χ3v) is 6.77. The number of methoxy groups -OCH3 is 1. The van der Waals surface area contributed by atoms with E-state index in [0.717, 1.165) is 43.9 Å². The molecule has 1 aliphatic rings. The van der Waals surface area contributed by atoms with E-state index in [1.807, 2.05) is 30.3 Å². The van der Waals surface area contributed by atoms with Crippen molar-refractivity contribution >= 4 is 43.1 Å². The van der Waals surface area contributed by atoms with Crippen LogP contribution < -0.4 is 9.64 Å². The molecule has 1 saturated heterocycles. The summed E-state index contributed by atoms with van der Waals surface area (Å²) in [4.78, 5) is 21.5. The Morgan fingerprint density at radius 2 is 1.92 bits per heavy atom. The number of fused-ring (bicyclic) bond motifs is 1. The van der Waals surface area contributed by atoms with Crippen molar-refractivity contribution in [3.63, 3.8) is 0 Å². The van der Waals surface area contributed by atoms with Gasteiger partial charge in [-0.25, -0.2) is 4.98 Å². The highest BCUT2D eigenvalue weighted by molar-refractivity contribution is 7.29. The quantitative estimate of drug-likeness (QED) is 0.604. The number of hydrogen-bond donors (Lipinski definition) is 0. The molecule has 1 aromatic carbocycles. The number of ether oxygens (including phenoxy) is 1. The maximum atomic E-state index is 12.6. The predicted octanol–water partition coefficient (Wildman–Crippen LogP) is 4.78. The number of nitrogens with zero attached hydrogens (tertiary/aromatic N) is 2. The van der Waals surface area contributed by atoms with Crippen LogP contribution >= 0.6 is 22.7 Å². The Morgan fingerprint density at radius 1 is 1.16 bits per heavy atom. The van der Waals surface area contributed by atoms with Gasteiger partial charge in [0.15, 0.2) is 10.9 Å². The first-order chi connectivity index (χ1) is 12.2. The molecule has 0 unspecified atom stereocenters. The zero-order valence-electron chi connectivity index (χ0n) is 14.2. The number of ketones is 1. The molecule has 0 amide bonds. The zero-order chi connectivity index (χ0) is 17.2. The van der Waals surface area contributed by atoms with Crippen LogP contribution in [0.2, 0.25) is 0 Å². The summed E-state index contributed by atoms with van der Waals surface area (Å²) in [5.74, 6) is 0.960. The summed E-state index contributed by atoms with van der Waals surface area (Å²) >= 11 is 3.23. The van der Waals surface area contributed by atoms with Gasteiger partial charge in [0, 0.05) is 19.5 Å².